The second-order valence-electron chi connectivity index (χ2n) is 6.67. The number of esters is 2. The fourth-order valence-corrected chi connectivity index (χ4v) is 2.08. The van der Waals surface area contributed by atoms with Gasteiger partial charge in [0.25, 0.3) is 0 Å². The molecule has 120 valence electrons. The molecule has 1 fully saturated rings. The van der Waals surface area contributed by atoms with Gasteiger partial charge in [-0.15, -0.1) is 0 Å². The summed E-state index contributed by atoms with van der Waals surface area (Å²) in [4.78, 5) is 24.5. The Morgan fingerprint density at radius 2 is 1.38 bits per heavy atom. The maximum Gasteiger partial charge on any atom is 0.345 e. The Balaban J connectivity index is 2.83. The summed E-state index contributed by atoms with van der Waals surface area (Å²) in [6.07, 6.45) is 3.21. The van der Waals surface area contributed by atoms with E-state index in [1.807, 2.05) is 34.6 Å². The third-order valence-electron chi connectivity index (χ3n) is 3.62. The number of hydrogen-bond donors (Lipinski definition) is 0. The van der Waals surface area contributed by atoms with E-state index in [0.717, 1.165) is 24.8 Å². The van der Waals surface area contributed by atoms with Gasteiger partial charge in [0.2, 0.25) is 0 Å². The average molecular weight is 296 g/mol. The summed E-state index contributed by atoms with van der Waals surface area (Å²) >= 11 is 0. The van der Waals surface area contributed by atoms with Crippen LogP contribution in [-0.4, -0.2) is 25.2 Å². The van der Waals surface area contributed by atoms with Gasteiger partial charge in [-0.05, 0) is 43.1 Å². The van der Waals surface area contributed by atoms with E-state index in [1.54, 1.807) is 0 Å². The molecular weight excluding hydrogens is 268 g/mol. The van der Waals surface area contributed by atoms with Crippen LogP contribution in [-0.2, 0) is 19.1 Å². The quantitative estimate of drug-likeness (QED) is 0.312. The van der Waals surface area contributed by atoms with Crippen LogP contribution in [0.15, 0.2) is 11.1 Å². The van der Waals surface area contributed by atoms with Crippen LogP contribution in [0.2, 0.25) is 0 Å². The average Bonchev–Trinajstić information content (AvgIpc) is 2.31. The molecule has 0 unspecified atom stereocenters. The van der Waals surface area contributed by atoms with Crippen LogP contribution in [0.4, 0.5) is 0 Å². The lowest BCUT2D eigenvalue weighted by atomic mass is 9.78. The third kappa shape index (κ3) is 5.52. The Morgan fingerprint density at radius 1 is 0.952 bits per heavy atom. The summed E-state index contributed by atoms with van der Waals surface area (Å²) in [6, 6.07) is 0. The van der Waals surface area contributed by atoms with Gasteiger partial charge in [0.1, 0.15) is 5.57 Å². The van der Waals surface area contributed by atoms with E-state index in [-0.39, 0.29) is 17.4 Å². The van der Waals surface area contributed by atoms with E-state index in [4.69, 9.17) is 9.47 Å². The minimum Gasteiger partial charge on any atom is -0.462 e. The lowest BCUT2D eigenvalue weighted by Gasteiger charge is -2.27. The highest BCUT2D eigenvalue weighted by Gasteiger charge is 2.30. The molecule has 1 aliphatic carbocycles. The van der Waals surface area contributed by atoms with Crippen molar-refractivity contribution in [1.82, 2.24) is 0 Å². The minimum atomic E-state index is -0.540. The number of carbonyl (C=O) groups excluding carboxylic acids is 2. The molecule has 0 spiro atoms. The van der Waals surface area contributed by atoms with E-state index >= 15 is 0 Å². The van der Waals surface area contributed by atoms with Crippen LogP contribution in [0.3, 0.4) is 0 Å². The van der Waals surface area contributed by atoms with E-state index in [0.29, 0.717) is 19.1 Å². The number of allylic oxidation sites excluding steroid dienone is 1. The Morgan fingerprint density at radius 3 is 1.67 bits per heavy atom. The van der Waals surface area contributed by atoms with Crippen molar-refractivity contribution in [1.29, 1.82) is 0 Å². The Hall–Kier alpha value is -1.32. The van der Waals surface area contributed by atoms with Crippen molar-refractivity contribution in [2.75, 3.05) is 13.2 Å². The fourth-order valence-electron chi connectivity index (χ4n) is 2.08. The van der Waals surface area contributed by atoms with Gasteiger partial charge < -0.3 is 9.47 Å². The molecule has 0 saturated heterocycles. The predicted octanol–water partition coefficient (Wildman–Crippen LogP) is 3.50. The topological polar surface area (TPSA) is 52.6 Å². The van der Waals surface area contributed by atoms with Crippen LogP contribution in [0.25, 0.3) is 0 Å². The molecule has 21 heavy (non-hydrogen) atoms. The second-order valence-corrected chi connectivity index (χ2v) is 6.67. The van der Waals surface area contributed by atoms with Crippen molar-refractivity contribution >= 4 is 11.9 Å². The normalized spacial score (nSPS) is 14.8. The molecule has 1 aliphatic rings. The number of rotatable bonds is 7. The molecule has 0 amide bonds. The van der Waals surface area contributed by atoms with Gasteiger partial charge in [-0.25, -0.2) is 9.59 Å². The van der Waals surface area contributed by atoms with E-state index in [9.17, 15) is 9.59 Å². The van der Waals surface area contributed by atoms with Gasteiger partial charge in [0.15, 0.2) is 0 Å². The Labute approximate surface area is 127 Å². The molecule has 0 aliphatic heterocycles. The highest BCUT2D eigenvalue weighted by atomic mass is 16.6. The lowest BCUT2D eigenvalue weighted by molar-refractivity contribution is -0.148. The Kier molecular flexibility index (Phi) is 6.93. The lowest BCUT2D eigenvalue weighted by Crippen LogP contribution is -2.26. The van der Waals surface area contributed by atoms with Crippen molar-refractivity contribution in [3.63, 3.8) is 0 Å². The van der Waals surface area contributed by atoms with Gasteiger partial charge in [-0.2, -0.15) is 0 Å². The highest BCUT2D eigenvalue weighted by molar-refractivity contribution is 6.14. The zero-order chi connectivity index (χ0) is 16.0. The molecule has 1 saturated carbocycles. The predicted molar refractivity (Wildman–Crippen MR) is 81.6 cm³/mol. The molecule has 4 nitrogen and oxygen atoms in total. The number of hydrogen-bond acceptors (Lipinski definition) is 4. The SMILES string of the molecule is CC(=C(C(=O)OCC(C)C)C(=O)OCC(C)C)C1CCC1. The third-order valence-corrected chi connectivity index (χ3v) is 3.62. The van der Waals surface area contributed by atoms with E-state index in [2.05, 4.69) is 0 Å². The first-order chi connectivity index (χ1) is 9.82. The zero-order valence-corrected chi connectivity index (χ0v) is 13.9. The van der Waals surface area contributed by atoms with Gasteiger partial charge in [0.05, 0.1) is 13.2 Å². The van der Waals surface area contributed by atoms with Crippen molar-refractivity contribution in [3.8, 4) is 0 Å². The summed E-state index contributed by atoms with van der Waals surface area (Å²) in [5, 5.41) is 0. The molecule has 0 heterocycles. The molecule has 0 atom stereocenters. The maximum absolute atomic E-state index is 12.2. The summed E-state index contributed by atoms with van der Waals surface area (Å²) in [6.45, 7) is 10.3. The molecule has 0 radical (unpaired) electrons. The first kappa shape index (κ1) is 17.7. The molecule has 1 rings (SSSR count). The van der Waals surface area contributed by atoms with Gasteiger partial charge in [0, 0.05) is 0 Å². The van der Waals surface area contributed by atoms with Crippen molar-refractivity contribution in [2.45, 2.75) is 53.9 Å². The summed E-state index contributed by atoms with van der Waals surface area (Å²) in [7, 11) is 0. The fraction of sp³-hybridized carbons (Fsp3) is 0.765. The molecule has 4 heteroatoms. The number of ether oxygens (including phenoxy) is 2. The van der Waals surface area contributed by atoms with Crippen LogP contribution in [0, 0.1) is 17.8 Å². The first-order valence-corrected chi connectivity index (χ1v) is 7.87. The molecule has 0 aromatic heterocycles. The summed E-state index contributed by atoms with van der Waals surface area (Å²) < 4.78 is 10.5. The minimum absolute atomic E-state index is 0.112. The van der Waals surface area contributed by atoms with Gasteiger partial charge in [-0.3, -0.25) is 0 Å². The van der Waals surface area contributed by atoms with Crippen LogP contribution in [0.5, 0.6) is 0 Å². The summed E-state index contributed by atoms with van der Waals surface area (Å²) in [5.74, 6) is -0.279. The van der Waals surface area contributed by atoms with E-state index < -0.39 is 11.9 Å². The maximum atomic E-state index is 12.2. The first-order valence-electron chi connectivity index (χ1n) is 7.87. The molecule has 0 aromatic carbocycles. The van der Waals surface area contributed by atoms with Crippen LogP contribution >= 0.6 is 0 Å². The monoisotopic (exact) mass is 296 g/mol. The summed E-state index contributed by atoms with van der Waals surface area (Å²) in [5.41, 5.74) is 0.935. The number of carbonyl (C=O) groups is 2. The van der Waals surface area contributed by atoms with Crippen molar-refractivity contribution < 1.29 is 19.1 Å². The van der Waals surface area contributed by atoms with Crippen molar-refractivity contribution in [3.05, 3.63) is 11.1 Å². The second kappa shape index (κ2) is 8.20. The zero-order valence-electron chi connectivity index (χ0n) is 13.9. The van der Waals surface area contributed by atoms with Gasteiger partial charge >= 0.3 is 11.9 Å². The van der Waals surface area contributed by atoms with Crippen LogP contribution < -0.4 is 0 Å². The van der Waals surface area contributed by atoms with E-state index in [1.165, 1.54) is 0 Å². The molecule has 0 N–H and O–H groups in total. The Bertz CT molecular complexity index is 377. The highest BCUT2D eigenvalue weighted by Crippen LogP contribution is 2.35. The van der Waals surface area contributed by atoms with Crippen molar-refractivity contribution in [2.24, 2.45) is 17.8 Å². The smallest absolute Gasteiger partial charge is 0.345 e. The largest absolute Gasteiger partial charge is 0.462 e. The van der Waals surface area contributed by atoms with Crippen LogP contribution in [0.1, 0.15) is 53.9 Å². The molecule has 0 bridgehead atoms. The standard InChI is InChI=1S/C17H28O4/c1-11(2)9-20-16(18)15(13(5)14-7-6-8-14)17(19)21-10-12(3)4/h11-12,14H,6-10H2,1-5H3. The molecule has 0 aromatic rings. The molecular formula is C17H28O4. The van der Waals surface area contributed by atoms with Gasteiger partial charge in [-0.1, -0.05) is 34.1 Å².